The summed E-state index contributed by atoms with van der Waals surface area (Å²) < 4.78 is 84.8. The minimum atomic E-state index is -4.81. The number of methoxy groups -OCH3 is 1. The highest BCUT2D eigenvalue weighted by Gasteiger charge is 2.36. The summed E-state index contributed by atoms with van der Waals surface area (Å²) in [7, 11) is -2.67. The summed E-state index contributed by atoms with van der Waals surface area (Å²) in [5.41, 5.74) is -1.23. The molecule has 4 rings (SSSR count). The Labute approximate surface area is 209 Å². The summed E-state index contributed by atoms with van der Waals surface area (Å²) >= 11 is 0. The number of aromatic nitrogens is 2. The van der Waals surface area contributed by atoms with Crippen LogP contribution in [0.3, 0.4) is 0 Å². The van der Waals surface area contributed by atoms with Gasteiger partial charge in [0.1, 0.15) is 17.3 Å². The average molecular weight is 534 g/mol. The molecule has 0 saturated carbocycles. The summed E-state index contributed by atoms with van der Waals surface area (Å²) in [6, 6.07) is 15.9. The van der Waals surface area contributed by atoms with Crippen molar-refractivity contribution in [1.29, 1.82) is 0 Å². The van der Waals surface area contributed by atoms with Crippen molar-refractivity contribution in [3.8, 4) is 22.6 Å². The van der Waals surface area contributed by atoms with Gasteiger partial charge in [-0.3, -0.25) is 4.79 Å². The number of hydrogen-bond acceptors (Lipinski definition) is 5. The Balaban J connectivity index is 1.69. The van der Waals surface area contributed by atoms with E-state index >= 15 is 0 Å². The van der Waals surface area contributed by atoms with E-state index in [0.717, 1.165) is 10.7 Å². The molecule has 3 aromatic carbocycles. The average Bonchev–Trinajstić information content (AvgIpc) is 3.31. The van der Waals surface area contributed by atoms with Gasteiger partial charge in [0.15, 0.2) is 11.5 Å². The Morgan fingerprint density at radius 1 is 1.03 bits per heavy atom. The lowest BCUT2D eigenvalue weighted by molar-refractivity contribution is -0.141. The number of nitrogens with two attached hydrogens (primary N) is 1. The highest BCUT2D eigenvalue weighted by Crippen LogP contribution is 2.31. The van der Waals surface area contributed by atoms with E-state index in [1.54, 1.807) is 6.07 Å². The van der Waals surface area contributed by atoms with E-state index in [1.807, 2.05) is 0 Å². The molecule has 0 radical (unpaired) electrons. The first-order valence-electron chi connectivity index (χ1n) is 10.6. The molecule has 0 bridgehead atoms. The molecule has 37 heavy (non-hydrogen) atoms. The fourth-order valence-corrected chi connectivity index (χ4v) is 4.47. The number of halogens is 4. The number of benzene rings is 3. The Kier molecular flexibility index (Phi) is 6.89. The number of carbonyl (C=O) groups excluding carboxylic acids is 1. The van der Waals surface area contributed by atoms with Gasteiger partial charge in [0.05, 0.1) is 17.7 Å². The van der Waals surface area contributed by atoms with Crippen LogP contribution in [-0.4, -0.2) is 31.1 Å². The fourth-order valence-electron chi connectivity index (χ4n) is 3.71. The molecule has 0 saturated heterocycles. The molecular weight excluding hydrogens is 514 g/mol. The smallest absolute Gasteiger partial charge is 0.435 e. The number of sulfonamides is 1. The van der Waals surface area contributed by atoms with E-state index < -0.39 is 39.9 Å². The van der Waals surface area contributed by atoms with Gasteiger partial charge in [0.25, 0.3) is 0 Å². The molecule has 7 nitrogen and oxygen atoms in total. The Hall–Kier alpha value is -4.03. The standard InChI is InChI=1S/C25H19F4N3O4S/c1-36-18-10-8-17(9-11-18)32-21(14-24(31-32)25(27,28)29)22(33)13-16-7-6-15(12-20(16)26)19-4-2-3-5-23(19)37(30,34)35/h2-12,14H,13H2,1H3,(H2,30,34,35). The topological polar surface area (TPSA) is 104 Å². The van der Waals surface area contributed by atoms with E-state index in [0.29, 0.717) is 11.8 Å². The predicted octanol–water partition coefficient (Wildman–Crippen LogP) is 4.78. The van der Waals surface area contributed by atoms with E-state index in [-0.39, 0.29) is 33.0 Å². The third-order valence-electron chi connectivity index (χ3n) is 5.51. The second-order valence-electron chi connectivity index (χ2n) is 7.97. The third-order valence-corrected chi connectivity index (χ3v) is 6.48. The highest BCUT2D eigenvalue weighted by molar-refractivity contribution is 7.89. The van der Waals surface area contributed by atoms with Gasteiger partial charge in [-0.25, -0.2) is 22.6 Å². The lowest BCUT2D eigenvalue weighted by Crippen LogP contribution is -2.13. The van der Waals surface area contributed by atoms with Crippen LogP contribution in [-0.2, 0) is 22.6 Å². The van der Waals surface area contributed by atoms with E-state index in [2.05, 4.69) is 5.10 Å². The quantitative estimate of drug-likeness (QED) is 0.272. The molecule has 12 heteroatoms. The van der Waals surface area contributed by atoms with Gasteiger partial charge >= 0.3 is 6.18 Å². The second-order valence-corrected chi connectivity index (χ2v) is 9.50. The number of carbonyl (C=O) groups is 1. The van der Waals surface area contributed by atoms with Gasteiger partial charge in [0.2, 0.25) is 10.0 Å². The van der Waals surface area contributed by atoms with Crippen molar-refractivity contribution in [2.24, 2.45) is 5.14 Å². The lowest BCUT2D eigenvalue weighted by atomic mass is 10.00. The molecule has 0 atom stereocenters. The number of ether oxygens (including phenoxy) is 1. The molecule has 0 fully saturated rings. The van der Waals surface area contributed by atoms with Crippen molar-refractivity contribution in [2.75, 3.05) is 7.11 Å². The number of alkyl halides is 3. The first-order valence-corrected chi connectivity index (χ1v) is 12.2. The van der Waals surface area contributed by atoms with Crippen LogP contribution < -0.4 is 9.88 Å². The van der Waals surface area contributed by atoms with Gasteiger partial charge in [-0.1, -0.05) is 30.3 Å². The van der Waals surface area contributed by atoms with Crippen LogP contribution >= 0.6 is 0 Å². The Morgan fingerprint density at radius 3 is 2.30 bits per heavy atom. The van der Waals surface area contributed by atoms with Crippen LogP contribution in [0.4, 0.5) is 17.6 Å². The second kappa shape index (κ2) is 9.79. The molecule has 1 heterocycles. The predicted molar refractivity (Wildman–Crippen MR) is 126 cm³/mol. The summed E-state index contributed by atoms with van der Waals surface area (Å²) in [5, 5.41) is 8.79. The van der Waals surface area contributed by atoms with E-state index in [4.69, 9.17) is 9.88 Å². The van der Waals surface area contributed by atoms with Crippen LogP contribution in [0, 0.1) is 5.82 Å². The van der Waals surface area contributed by atoms with Crippen LogP contribution in [0.2, 0.25) is 0 Å². The molecule has 0 aliphatic heterocycles. The molecule has 0 aliphatic rings. The highest BCUT2D eigenvalue weighted by atomic mass is 32.2. The summed E-state index contributed by atoms with van der Waals surface area (Å²) in [6.45, 7) is 0. The van der Waals surface area contributed by atoms with Crippen molar-refractivity contribution in [3.63, 3.8) is 0 Å². The number of Topliss-reactive ketones (excluding diaryl/α,β-unsaturated/α-hetero) is 1. The van der Waals surface area contributed by atoms with Crippen LogP contribution in [0.5, 0.6) is 5.75 Å². The van der Waals surface area contributed by atoms with Crippen molar-refractivity contribution >= 4 is 15.8 Å². The lowest BCUT2D eigenvalue weighted by Gasteiger charge is -2.11. The molecule has 1 aromatic heterocycles. The number of rotatable bonds is 7. The maximum atomic E-state index is 15.0. The molecule has 0 aliphatic carbocycles. The number of hydrogen-bond donors (Lipinski definition) is 1. The largest absolute Gasteiger partial charge is 0.497 e. The molecule has 0 unspecified atom stereocenters. The van der Waals surface area contributed by atoms with Crippen molar-refractivity contribution in [3.05, 3.63) is 95.6 Å². The normalized spacial score (nSPS) is 11.9. The van der Waals surface area contributed by atoms with E-state index in [9.17, 15) is 30.8 Å². The van der Waals surface area contributed by atoms with Gasteiger partial charge in [0, 0.05) is 18.1 Å². The van der Waals surface area contributed by atoms with Gasteiger partial charge < -0.3 is 4.74 Å². The van der Waals surface area contributed by atoms with Crippen molar-refractivity contribution in [1.82, 2.24) is 9.78 Å². The molecule has 0 amide bonds. The summed E-state index contributed by atoms with van der Waals surface area (Å²) in [6.07, 6.45) is -5.38. The maximum Gasteiger partial charge on any atom is 0.435 e. The number of primary sulfonamides is 1. The summed E-state index contributed by atoms with van der Waals surface area (Å²) in [5.74, 6) is -1.21. The van der Waals surface area contributed by atoms with Gasteiger partial charge in [-0.2, -0.15) is 18.3 Å². The zero-order chi connectivity index (χ0) is 27.0. The first kappa shape index (κ1) is 26.0. The van der Waals surface area contributed by atoms with Crippen LogP contribution in [0.25, 0.3) is 16.8 Å². The van der Waals surface area contributed by atoms with Crippen molar-refractivity contribution in [2.45, 2.75) is 17.5 Å². The fraction of sp³-hybridized carbons (Fsp3) is 0.120. The van der Waals surface area contributed by atoms with E-state index in [1.165, 1.54) is 61.7 Å². The molecule has 192 valence electrons. The Morgan fingerprint density at radius 2 is 1.70 bits per heavy atom. The zero-order valence-corrected chi connectivity index (χ0v) is 20.0. The zero-order valence-electron chi connectivity index (χ0n) is 19.2. The maximum absolute atomic E-state index is 15.0. The SMILES string of the molecule is COc1ccc(-n2nc(C(F)(F)F)cc2C(=O)Cc2ccc(-c3ccccc3S(N)(=O)=O)cc2F)cc1. The summed E-state index contributed by atoms with van der Waals surface area (Å²) in [4.78, 5) is 12.8. The number of nitrogens with zero attached hydrogens (tertiary/aromatic N) is 2. The minimum Gasteiger partial charge on any atom is -0.497 e. The molecule has 4 aromatic rings. The van der Waals surface area contributed by atoms with Crippen LogP contribution in [0.1, 0.15) is 21.7 Å². The Bertz CT molecular complexity index is 1580. The molecule has 0 spiro atoms. The van der Waals surface area contributed by atoms with Crippen LogP contribution in [0.15, 0.2) is 77.7 Å². The number of ketones is 1. The third kappa shape index (κ3) is 5.54. The molecular formula is C25H19F4N3O4S. The monoisotopic (exact) mass is 533 g/mol. The van der Waals surface area contributed by atoms with Crippen molar-refractivity contribution < 1.29 is 35.5 Å². The minimum absolute atomic E-state index is 0.0992. The van der Waals surface area contributed by atoms with Gasteiger partial charge in [-0.15, -0.1) is 0 Å². The first-order chi connectivity index (χ1) is 17.4. The van der Waals surface area contributed by atoms with Gasteiger partial charge in [-0.05, 0) is 47.5 Å². The molecule has 2 N–H and O–H groups in total.